The van der Waals surface area contributed by atoms with Crippen LogP contribution in [0.2, 0.25) is 0 Å². The van der Waals surface area contributed by atoms with Crippen LogP contribution in [0.15, 0.2) is 60.7 Å². The molecule has 1 unspecified atom stereocenters. The smallest absolute Gasteiger partial charge is 0.244 e. The average molecular weight is 264 g/mol. The monoisotopic (exact) mass is 264 g/mol. The van der Waals surface area contributed by atoms with E-state index in [0.717, 1.165) is 11.1 Å². The van der Waals surface area contributed by atoms with E-state index < -0.39 is 5.92 Å². The van der Waals surface area contributed by atoms with Crippen LogP contribution >= 0.6 is 0 Å². The van der Waals surface area contributed by atoms with Gasteiger partial charge in [0.1, 0.15) is 5.92 Å². The quantitative estimate of drug-likeness (QED) is 0.852. The molecule has 1 atom stereocenters. The second kappa shape index (κ2) is 6.53. The Balaban J connectivity index is 2.11. The summed E-state index contributed by atoms with van der Waals surface area (Å²) in [5, 5.41) is 9.27. The van der Waals surface area contributed by atoms with Crippen LogP contribution in [0.3, 0.4) is 0 Å². The van der Waals surface area contributed by atoms with E-state index in [2.05, 4.69) is 6.07 Å². The molecular weight excluding hydrogens is 248 g/mol. The van der Waals surface area contributed by atoms with E-state index in [1.807, 2.05) is 60.7 Å². The summed E-state index contributed by atoms with van der Waals surface area (Å²) in [6.07, 6.45) is 0. The zero-order valence-electron chi connectivity index (χ0n) is 11.4. The van der Waals surface area contributed by atoms with Crippen LogP contribution < -0.4 is 0 Å². The van der Waals surface area contributed by atoms with Gasteiger partial charge in [0.2, 0.25) is 5.91 Å². The highest BCUT2D eigenvalue weighted by Crippen LogP contribution is 2.18. The molecule has 2 aromatic rings. The van der Waals surface area contributed by atoms with Gasteiger partial charge in [-0.05, 0) is 11.1 Å². The molecule has 0 aliphatic carbocycles. The largest absolute Gasteiger partial charge is 0.340 e. The molecule has 0 spiro atoms. The van der Waals surface area contributed by atoms with Gasteiger partial charge in [-0.25, -0.2) is 0 Å². The van der Waals surface area contributed by atoms with Crippen molar-refractivity contribution in [2.45, 2.75) is 12.5 Å². The van der Waals surface area contributed by atoms with E-state index in [1.165, 1.54) is 0 Å². The molecule has 0 aliphatic heterocycles. The highest BCUT2D eigenvalue weighted by Gasteiger charge is 2.23. The van der Waals surface area contributed by atoms with Crippen molar-refractivity contribution in [3.63, 3.8) is 0 Å². The van der Waals surface area contributed by atoms with Gasteiger partial charge in [0.05, 0.1) is 6.07 Å². The molecule has 0 radical (unpaired) electrons. The number of hydrogen-bond donors (Lipinski definition) is 0. The number of nitriles is 1. The molecule has 0 bridgehead atoms. The summed E-state index contributed by atoms with van der Waals surface area (Å²) in [5.41, 5.74) is 1.79. The molecule has 0 aliphatic rings. The van der Waals surface area contributed by atoms with Crippen molar-refractivity contribution in [2.24, 2.45) is 0 Å². The number of likely N-dealkylation sites (N-methyl/N-ethyl adjacent to an activating group) is 1. The molecule has 1 amide bonds. The molecule has 2 aromatic carbocycles. The lowest BCUT2D eigenvalue weighted by molar-refractivity contribution is -0.130. The molecular formula is C17H16N2O. The Labute approximate surface area is 119 Å². The lowest BCUT2D eigenvalue weighted by atomic mass is 9.99. The first kappa shape index (κ1) is 13.8. The predicted octanol–water partition coefficient (Wildman–Crippen LogP) is 2.95. The summed E-state index contributed by atoms with van der Waals surface area (Å²) >= 11 is 0. The fourth-order valence-corrected chi connectivity index (χ4v) is 2.07. The molecule has 3 heteroatoms. The number of benzene rings is 2. The van der Waals surface area contributed by atoms with E-state index in [1.54, 1.807) is 11.9 Å². The first-order valence-electron chi connectivity index (χ1n) is 6.46. The fourth-order valence-electron chi connectivity index (χ4n) is 2.07. The van der Waals surface area contributed by atoms with Crippen molar-refractivity contribution >= 4 is 5.91 Å². The van der Waals surface area contributed by atoms with E-state index in [-0.39, 0.29) is 5.91 Å². The minimum absolute atomic E-state index is 0.178. The second-order valence-electron chi connectivity index (χ2n) is 4.65. The van der Waals surface area contributed by atoms with Crippen LogP contribution in [0.4, 0.5) is 0 Å². The average Bonchev–Trinajstić information content (AvgIpc) is 2.50. The molecule has 0 saturated carbocycles. The molecule has 2 rings (SSSR count). The lowest BCUT2D eigenvalue weighted by Crippen LogP contribution is -2.30. The van der Waals surface area contributed by atoms with Crippen molar-refractivity contribution in [3.05, 3.63) is 71.8 Å². The zero-order chi connectivity index (χ0) is 14.4. The second-order valence-corrected chi connectivity index (χ2v) is 4.65. The van der Waals surface area contributed by atoms with Crippen molar-refractivity contribution in [2.75, 3.05) is 7.05 Å². The third-order valence-corrected chi connectivity index (χ3v) is 3.15. The third kappa shape index (κ3) is 3.24. The summed E-state index contributed by atoms with van der Waals surface area (Å²) in [6.45, 7) is 0.505. The van der Waals surface area contributed by atoms with Gasteiger partial charge >= 0.3 is 0 Å². The van der Waals surface area contributed by atoms with Gasteiger partial charge < -0.3 is 4.90 Å². The van der Waals surface area contributed by atoms with E-state index in [0.29, 0.717) is 6.54 Å². The normalized spacial score (nSPS) is 11.4. The van der Waals surface area contributed by atoms with Crippen molar-refractivity contribution in [3.8, 4) is 6.07 Å². The molecule has 3 nitrogen and oxygen atoms in total. The topological polar surface area (TPSA) is 44.1 Å². The summed E-state index contributed by atoms with van der Waals surface area (Å²) < 4.78 is 0. The maximum absolute atomic E-state index is 12.4. The number of carbonyl (C=O) groups is 1. The number of nitrogens with zero attached hydrogens (tertiary/aromatic N) is 2. The van der Waals surface area contributed by atoms with Crippen molar-refractivity contribution in [1.82, 2.24) is 4.90 Å². The van der Waals surface area contributed by atoms with Gasteiger partial charge in [-0.2, -0.15) is 5.26 Å². The first-order chi connectivity index (χ1) is 9.72. The Morgan fingerprint density at radius 1 is 1.10 bits per heavy atom. The standard InChI is InChI=1S/C17H16N2O/c1-19(13-14-8-4-2-5-9-14)17(20)16(12-18)15-10-6-3-7-11-15/h2-11,16H,13H2,1H3. The van der Waals surface area contributed by atoms with Gasteiger partial charge in [-0.15, -0.1) is 0 Å². The molecule has 0 N–H and O–H groups in total. The predicted molar refractivity (Wildman–Crippen MR) is 77.7 cm³/mol. The molecule has 0 heterocycles. The Morgan fingerprint density at radius 3 is 2.20 bits per heavy atom. The zero-order valence-corrected chi connectivity index (χ0v) is 11.4. The van der Waals surface area contributed by atoms with Crippen molar-refractivity contribution in [1.29, 1.82) is 5.26 Å². The Morgan fingerprint density at radius 2 is 1.65 bits per heavy atom. The molecule has 0 fully saturated rings. The Bertz CT molecular complexity index is 602. The van der Waals surface area contributed by atoms with Gasteiger partial charge in [-0.3, -0.25) is 4.79 Å². The molecule has 20 heavy (non-hydrogen) atoms. The highest BCUT2D eigenvalue weighted by atomic mass is 16.2. The van der Waals surface area contributed by atoms with Gasteiger partial charge in [0, 0.05) is 13.6 Å². The first-order valence-corrected chi connectivity index (χ1v) is 6.46. The van der Waals surface area contributed by atoms with Crippen LogP contribution in [0.5, 0.6) is 0 Å². The number of hydrogen-bond acceptors (Lipinski definition) is 2. The fraction of sp³-hybridized carbons (Fsp3) is 0.176. The van der Waals surface area contributed by atoms with E-state index >= 15 is 0 Å². The van der Waals surface area contributed by atoms with Crippen molar-refractivity contribution < 1.29 is 4.79 Å². The summed E-state index contributed by atoms with van der Waals surface area (Å²) in [4.78, 5) is 14.0. The van der Waals surface area contributed by atoms with Gasteiger partial charge in [0.15, 0.2) is 0 Å². The van der Waals surface area contributed by atoms with Crippen LogP contribution in [-0.4, -0.2) is 17.9 Å². The highest BCUT2D eigenvalue weighted by molar-refractivity contribution is 5.86. The maximum atomic E-state index is 12.4. The van der Waals surface area contributed by atoms with Crippen LogP contribution in [0.1, 0.15) is 17.0 Å². The summed E-state index contributed by atoms with van der Waals surface area (Å²) in [7, 11) is 1.72. The van der Waals surface area contributed by atoms with E-state index in [9.17, 15) is 10.1 Å². The number of carbonyl (C=O) groups excluding carboxylic acids is 1. The Kier molecular flexibility index (Phi) is 4.52. The lowest BCUT2D eigenvalue weighted by Gasteiger charge is -2.20. The maximum Gasteiger partial charge on any atom is 0.244 e. The Hall–Kier alpha value is -2.60. The number of amides is 1. The summed E-state index contributed by atoms with van der Waals surface area (Å²) in [5.74, 6) is -0.924. The third-order valence-electron chi connectivity index (χ3n) is 3.15. The SMILES string of the molecule is CN(Cc1ccccc1)C(=O)C(C#N)c1ccccc1. The minimum Gasteiger partial charge on any atom is -0.340 e. The van der Waals surface area contributed by atoms with Gasteiger partial charge in [-0.1, -0.05) is 60.7 Å². The minimum atomic E-state index is -0.745. The van der Waals surface area contributed by atoms with Crippen LogP contribution in [0, 0.1) is 11.3 Å². The summed E-state index contributed by atoms with van der Waals surface area (Å²) in [6, 6.07) is 21.0. The molecule has 100 valence electrons. The van der Waals surface area contributed by atoms with E-state index in [4.69, 9.17) is 0 Å². The van der Waals surface area contributed by atoms with Crippen LogP contribution in [0.25, 0.3) is 0 Å². The number of rotatable bonds is 4. The van der Waals surface area contributed by atoms with Gasteiger partial charge in [0.25, 0.3) is 0 Å². The molecule has 0 aromatic heterocycles. The van der Waals surface area contributed by atoms with Crippen LogP contribution in [-0.2, 0) is 11.3 Å². The molecule has 0 saturated heterocycles.